The van der Waals surface area contributed by atoms with Gasteiger partial charge in [0.1, 0.15) is 5.82 Å². The average Bonchev–Trinajstić information content (AvgIpc) is 3.30. The number of nitrogens with zero attached hydrogens (tertiary/aromatic N) is 3. The van der Waals surface area contributed by atoms with Gasteiger partial charge >= 0.3 is 0 Å². The molecule has 5 heteroatoms. The Morgan fingerprint density at radius 1 is 1.21 bits per heavy atom. The Labute approximate surface area is 145 Å². The van der Waals surface area contributed by atoms with Crippen LogP contribution in [0.4, 0.5) is 0 Å². The molecule has 122 valence electrons. The Bertz CT molecular complexity index is 810. The van der Waals surface area contributed by atoms with E-state index in [1.165, 1.54) is 10.4 Å². The van der Waals surface area contributed by atoms with Crippen molar-refractivity contribution in [2.24, 2.45) is 0 Å². The summed E-state index contributed by atoms with van der Waals surface area (Å²) in [6, 6.07) is 14.5. The summed E-state index contributed by atoms with van der Waals surface area (Å²) in [7, 11) is 0. The van der Waals surface area contributed by atoms with Gasteiger partial charge in [0.2, 0.25) is 5.91 Å². The number of hydrogen-bond acceptors (Lipinski definition) is 3. The number of rotatable bonds is 4. The zero-order chi connectivity index (χ0) is 16.4. The van der Waals surface area contributed by atoms with Crippen LogP contribution in [0, 0.1) is 0 Å². The van der Waals surface area contributed by atoms with Crippen LogP contribution in [0.3, 0.4) is 0 Å². The standard InChI is InChI=1S/C19H19N3OS/c23-19(9-8-16-7-4-12-24-16)22-14-18-20-10-11-21(18)13-17(22)15-5-2-1-3-6-15/h1-7,10-12,17H,8-9,13-14H2/t17-/m1/s1. The van der Waals surface area contributed by atoms with E-state index in [-0.39, 0.29) is 11.9 Å². The van der Waals surface area contributed by atoms with Crippen LogP contribution in [-0.2, 0) is 24.3 Å². The Morgan fingerprint density at radius 2 is 2.08 bits per heavy atom. The van der Waals surface area contributed by atoms with E-state index in [9.17, 15) is 4.79 Å². The van der Waals surface area contributed by atoms with Crippen LogP contribution in [0.2, 0.25) is 0 Å². The number of fused-ring (bicyclic) bond motifs is 1. The summed E-state index contributed by atoms with van der Waals surface area (Å²) < 4.78 is 2.15. The van der Waals surface area contributed by atoms with Crippen LogP contribution in [0.25, 0.3) is 0 Å². The van der Waals surface area contributed by atoms with Crippen molar-refractivity contribution < 1.29 is 4.79 Å². The Morgan fingerprint density at radius 3 is 2.88 bits per heavy atom. The normalized spacial score (nSPS) is 16.8. The molecule has 4 rings (SSSR count). The van der Waals surface area contributed by atoms with E-state index in [2.05, 4.69) is 33.1 Å². The summed E-state index contributed by atoms with van der Waals surface area (Å²) >= 11 is 1.71. The highest BCUT2D eigenvalue weighted by atomic mass is 32.1. The lowest BCUT2D eigenvalue weighted by atomic mass is 10.0. The van der Waals surface area contributed by atoms with E-state index in [0.29, 0.717) is 13.0 Å². The molecule has 3 aromatic rings. The number of aromatic nitrogens is 2. The zero-order valence-electron chi connectivity index (χ0n) is 13.3. The molecule has 4 nitrogen and oxygen atoms in total. The third-order valence-electron chi connectivity index (χ3n) is 4.53. The fourth-order valence-electron chi connectivity index (χ4n) is 3.26. The van der Waals surface area contributed by atoms with Crippen LogP contribution < -0.4 is 0 Å². The predicted molar refractivity (Wildman–Crippen MR) is 94.6 cm³/mol. The topological polar surface area (TPSA) is 38.1 Å². The number of benzene rings is 1. The van der Waals surface area contributed by atoms with Crippen molar-refractivity contribution in [3.05, 3.63) is 76.5 Å². The van der Waals surface area contributed by atoms with E-state index in [1.54, 1.807) is 11.3 Å². The SMILES string of the molecule is O=C(CCc1cccs1)N1Cc2nccn2C[C@@H]1c1ccccc1. The summed E-state index contributed by atoms with van der Waals surface area (Å²) in [5, 5.41) is 2.06. The summed E-state index contributed by atoms with van der Waals surface area (Å²) in [5.74, 6) is 1.16. The maximum atomic E-state index is 12.9. The Kier molecular flexibility index (Phi) is 4.17. The Balaban J connectivity index is 1.57. The second-order valence-electron chi connectivity index (χ2n) is 6.02. The molecule has 0 aliphatic carbocycles. The van der Waals surface area contributed by atoms with Gasteiger partial charge in [0, 0.05) is 30.2 Å². The first-order valence-corrected chi connectivity index (χ1v) is 9.06. The van der Waals surface area contributed by atoms with Crippen molar-refractivity contribution in [2.45, 2.75) is 32.0 Å². The lowest BCUT2D eigenvalue weighted by molar-refractivity contribution is -0.135. The van der Waals surface area contributed by atoms with Crippen LogP contribution >= 0.6 is 11.3 Å². The van der Waals surface area contributed by atoms with Crippen LogP contribution in [0.5, 0.6) is 0 Å². The molecule has 0 bridgehead atoms. The molecule has 1 aromatic carbocycles. The number of thiophene rings is 1. The molecule has 0 N–H and O–H groups in total. The molecule has 24 heavy (non-hydrogen) atoms. The van der Waals surface area contributed by atoms with Gasteiger partial charge in [-0.3, -0.25) is 4.79 Å². The second kappa shape index (κ2) is 6.61. The van der Waals surface area contributed by atoms with Gasteiger partial charge in [-0.05, 0) is 23.4 Å². The van der Waals surface area contributed by atoms with Crippen molar-refractivity contribution in [3.8, 4) is 0 Å². The molecule has 1 amide bonds. The molecule has 0 radical (unpaired) electrons. The van der Waals surface area contributed by atoms with Crippen molar-refractivity contribution in [1.82, 2.24) is 14.5 Å². The molecule has 0 saturated heterocycles. The molecular formula is C19H19N3OS. The van der Waals surface area contributed by atoms with Crippen LogP contribution in [0.1, 0.15) is 28.7 Å². The fourth-order valence-corrected chi connectivity index (χ4v) is 3.97. The van der Waals surface area contributed by atoms with Gasteiger partial charge in [0.05, 0.1) is 12.6 Å². The van der Waals surface area contributed by atoms with E-state index in [4.69, 9.17) is 0 Å². The predicted octanol–water partition coefficient (Wildman–Crippen LogP) is 3.66. The molecule has 1 atom stereocenters. The average molecular weight is 337 g/mol. The minimum Gasteiger partial charge on any atom is -0.331 e. The number of hydrogen-bond donors (Lipinski definition) is 0. The van der Waals surface area contributed by atoms with Crippen molar-refractivity contribution in [1.29, 1.82) is 0 Å². The number of carbonyl (C=O) groups is 1. The monoisotopic (exact) mass is 337 g/mol. The molecule has 2 aromatic heterocycles. The van der Waals surface area contributed by atoms with Gasteiger partial charge < -0.3 is 9.47 Å². The maximum absolute atomic E-state index is 12.9. The van der Waals surface area contributed by atoms with Crippen LogP contribution in [0.15, 0.2) is 60.2 Å². The van der Waals surface area contributed by atoms with Gasteiger partial charge in [-0.15, -0.1) is 11.3 Å². The van der Waals surface area contributed by atoms with E-state index in [0.717, 1.165) is 18.8 Å². The van der Waals surface area contributed by atoms with Gasteiger partial charge in [-0.2, -0.15) is 0 Å². The van der Waals surface area contributed by atoms with Gasteiger partial charge in [0.15, 0.2) is 0 Å². The third kappa shape index (κ3) is 2.99. The Hall–Kier alpha value is -2.40. The summed E-state index contributed by atoms with van der Waals surface area (Å²) in [6.45, 7) is 1.35. The first-order valence-electron chi connectivity index (χ1n) is 8.18. The summed E-state index contributed by atoms with van der Waals surface area (Å²) in [5.41, 5.74) is 1.18. The zero-order valence-corrected chi connectivity index (χ0v) is 14.2. The smallest absolute Gasteiger partial charge is 0.223 e. The molecule has 1 aliphatic heterocycles. The van der Waals surface area contributed by atoms with Crippen molar-refractivity contribution in [3.63, 3.8) is 0 Å². The van der Waals surface area contributed by atoms with Crippen molar-refractivity contribution in [2.75, 3.05) is 0 Å². The van der Waals surface area contributed by atoms with E-state index >= 15 is 0 Å². The lowest BCUT2D eigenvalue weighted by Crippen LogP contribution is -2.41. The molecule has 0 unspecified atom stereocenters. The second-order valence-corrected chi connectivity index (χ2v) is 7.06. The minimum atomic E-state index is 0.0729. The number of amides is 1. The molecule has 1 aliphatic rings. The quantitative estimate of drug-likeness (QED) is 0.729. The lowest BCUT2D eigenvalue weighted by Gasteiger charge is -2.36. The number of imidazole rings is 1. The van der Waals surface area contributed by atoms with E-state index < -0.39 is 0 Å². The summed E-state index contributed by atoms with van der Waals surface area (Å²) in [6.07, 6.45) is 5.17. The molecule has 3 heterocycles. The largest absolute Gasteiger partial charge is 0.331 e. The van der Waals surface area contributed by atoms with Gasteiger partial charge in [0.25, 0.3) is 0 Å². The van der Waals surface area contributed by atoms with Gasteiger partial charge in [-0.25, -0.2) is 4.98 Å². The van der Waals surface area contributed by atoms with Crippen molar-refractivity contribution >= 4 is 17.2 Å². The highest BCUT2D eigenvalue weighted by molar-refractivity contribution is 7.09. The fraction of sp³-hybridized carbons (Fsp3) is 0.263. The third-order valence-corrected chi connectivity index (χ3v) is 5.47. The molecule has 0 saturated carbocycles. The van der Waals surface area contributed by atoms with Crippen LogP contribution in [-0.4, -0.2) is 20.4 Å². The maximum Gasteiger partial charge on any atom is 0.223 e. The minimum absolute atomic E-state index is 0.0729. The number of aryl methyl sites for hydroxylation is 1. The first-order chi connectivity index (χ1) is 11.8. The van der Waals surface area contributed by atoms with Gasteiger partial charge in [-0.1, -0.05) is 36.4 Å². The highest BCUT2D eigenvalue weighted by Crippen LogP contribution is 2.30. The molecular weight excluding hydrogens is 318 g/mol. The number of carbonyl (C=O) groups excluding carboxylic acids is 1. The van der Waals surface area contributed by atoms with E-state index in [1.807, 2.05) is 41.6 Å². The first kappa shape index (κ1) is 15.1. The molecule has 0 spiro atoms. The molecule has 0 fully saturated rings. The highest BCUT2D eigenvalue weighted by Gasteiger charge is 2.31. The summed E-state index contributed by atoms with van der Waals surface area (Å²) in [4.78, 5) is 20.6.